The van der Waals surface area contributed by atoms with Gasteiger partial charge in [0.2, 0.25) is 0 Å². The van der Waals surface area contributed by atoms with Gasteiger partial charge in [0.15, 0.2) is 16.8 Å². The average Bonchev–Trinajstić information content (AvgIpc) is 3.30. The molecule has 4 rings (SSSR count). The molecule has 0 radical (unpaired) electrons. The van der Waals surface area contributed by atoms with Crippen LogP contribution in [0.3, 0.4) is 0 Å². The smallest absolute Gasteiger partial charge is 0.192 e. The van der Waals surface area contributed by atoms with Crippen molar-refractivity contribution in [1.82, 2.24) is 24.7 Å². The highest BCUT2D eigenvalue weighted by molar-refractivity contribution is 7.99. The zero-order valence-corrected chi connectivity index (χ0v) is 17.1. The number of nitrogens with zero attached hydrogens (tertiary/aromatic N) is 4. The van der Waals surface area contributed by atoms with Crippen LogP contribution in [0.15, 0.2) is 53.9 Å². The molecule has 0 fully saturated rings. The molecule has 0 saturated carbocycles. The zero-order chi connectivity index (χ0) is 20.2. The number of aryl methyl sites for hydroxylation is 1. The number of ketones is 1. The number of aromatic amines is 1. The number of H-pyrrole nitrogens is 1. The Balaban J connectivity index is 1.58. The molecule has 1 aromatic carbocycles. The van der Waals surface area contributed by atoms with E-state index < -0.39 is 0 Å². The van der Waals surface area contributed by atoms with Gasteiger partial charge >= 0.3 is 0 Å². The fourth-order valence-corrected chi connectivity index (χ4v) is 4.17. The monoisotopic (exact) mass is 407 g/mol. The number of hydrogen-bond donors (Lipinski definition) is 1. The molecule has 0 bridgehead atoms. The number of Topliss-reactive ketones (excluding diaryl/α,β-unsaturated/α-hetero) is 1. The first-order valence-corrected chi connectivity index (χ1v) is 10.2. The molecule has 29 heavy (non-hydrogen) atoms. The Bertz CT molecular complexity index is 1140. The number of nitrogens with one attached hydrogen (secondary N) is 1. The van der Waals surface area contributed by atoms with Crippen LogP contribution in [0.25, 0.3) is 22.3 Å². The van der Waals surface area contributed by atoms with Crippen molar-refractivity contribution in [3.05, 3.63) is 60.0 Å². The number of methoxy groups -OCH3 is 1. The predicted molar refractivity (Wildman–Crippen MR) is 113 cm³/mol. The zero-order valence-electron chi connectivity index (χ0n) is 16.3. The molecule has 0 aliphatic rings. The summed E-state index contributed by atoms with van der Waals surface area (Å²) in [6.07, 6.45) is 3.45. The number of thioether (sulfide) groups is 1. The molecule has 0 saturated heterocycles. The first-order valence-electron chi connectivity index (χ1n) is 9.25. The normalized spacial score (nSPS) is 11.2. The topological polar surface area (TPSA) is 85.7 Å². The molecule has 0 atom stereocenters. The molecule has 0 spiro atoms. The quantitative estimate of drug-likeness (QED) is 0.354. The molecule has 8 heteroatoms. The van der Waals surface area contributed by atoms with Gasteiger partial charge < -0.3 is 9.72 Å². The Morgan fingerprint density at radius 2 is 1.97 bits per heavy atom. The molecular weight excluding hydrogens is 386 g/mol. The summed E-state index contributed by atoms with van der Waals surface area (Å²) in [6.45, 7) is 3.06. The van der Waals surface area contributed by atoms with Crippen molar-refractivity contribution >= 4 is 28.4 Å². The summed E-state index contributed by atoms with van der Waals surface area (Å²) in [5.74, 6) is 1.09. The van der Waals surface area contributed by atoms with Gasteiger partial charge in [0.05, 0.1) is 18.9 Å². The molecule has 0 aliphatic carbocycles. The van der Waals surface area contributed by atoms with E-state index in [0.717, 1.165) is 33.5 Å². The second-order valence-corrected chi connectivity index (χ2v) is 7.51. The summed E-state index contributed by atoms with van der Waals surface area (Å²) in [5.41, 5.74) is 3.52. The number of rotatable bonds is 8. The van der Waals surface area contributed by atoms with Crippen LogP contribution in [0.5, 0.6) is 0 Å². The minimum absolute atomic E-state index is 0.0664. The van der Waals surface area contributed by atoms with Gasteiger partial charge in [-0.05, 0) is 25.1 Å². The van der Waals surface area contributed by atoms with Crippen LogP contribution in [0.2, 0.25) is 0 Å². The SMILES string of the molecule is COCCn1c(SCC(=O)c2c(C)[nH]c3ccccc23)nnc1-c1ccncc1. The molecule has 3 heterocycles. The minimum atomic E-state index is 0.0664. The summed E-state index contributed by atoms with van der Waals surface area (Å²) in [7, 11) is 1.66. The minimum Gasteiger partial charge on any atom is -0.383 e. The first kappa shape index (κ1) is 19.4. The van der Waals surface area contributed by atoms with E-state index in [1.54, 1.807) is 19.5 Å². The third-order valence-electron chi connectivity index (χ3n) is 4.68. The van der Waals surface area contributed by atoms with Crippen molar-refractivity contribution < 1.29 is 9.53 Å². The largest absolute Gasteiger partial charge is 0.383 e. The summed E-state index contributed by atoms with van der Waals surface area (Å²) in [6, 6.07) is 11.6. The van der Waals surface area contributed by atoms with Crippen molar-refractivity contribution in [3.63, 3.8) is 0 Å². The van der Waals surface area contributed by atoms with E-state index in [2.05, 4.69) is 20.2 Å². The highest BCUT2D eigenvalue weighted by Gasteiger charge is 2.19. The second-order valence-electron chi connectivity index (χ2n) is 6.57. The Hall–Kier alpha value is -2.97. The Morgan fingerprint density at radius 3 is 2.76 bits per heavy atom. The second kappa shape index (κ2) is 8.59. The van der Waals surface area contributed by atoms with Gasteiger partial charge in [-0.3, -0.25) is 14.3 Å². The van der Waals surface area contributed by atoms with Gasteiger partial charge in [0.25, 0.3) is 0 Å². The van der Waals surface area contributed by atoms with Gasteiger partial charge in [0.1, 0.15) is 0 Å². The number of aromatic nitrogens is 5. The first-order chi connectivity index (χ1) is 14.2. The van der Waals surface area contributed by atoms with Crippen LogP contribution in [-0.2, 0) is 11.3 Å². The number of carbonyl (C=O) groups excluding carboxylic acids is 1. The van der Waals surface area contributed by atoms with E-state index in [0.29, 0.717) is 18.3 Å². The molecule has 7 nitrogen and oxygen atoms in total. The summed E-state index contributed by atoms with van der Waals surface area (Å²) >= 11 is 1.39. The average molecular weight is 407 g/mol. The summed E-state index contributed by atoms with van der Waals surface area (Å²) < 4.78 is 7.23. The third kappa shape index (κ3) is 3.94. The van der Waals surface area contributed by atoms with Gasteiger partial charge in [-0.25, -0.2) is 0 Å². The Labute approximate surface area is 172 Å². The summed E-state index contributed by atoms with van der Waals surface area (Å²) in [5, 5.41) is 10.3. The van der Waals surface area contributed by atoms with E-state index in [4.69, 9.17) is 4.74 Å². The van der Waals surface area contributed by atoms with E-state index in [1.165, 1.54) is 11.8 Å². The molecule has 1 N–H and O–H groups in total. The number of carbonyl (C=O) groups is 1. The van der Waals surface area contributed by atoms with Gasteiger partial charge in [-0.1, -0.05) is 30.0 Å². The fraction of sp³-hybridized carbons (Fsp3) is 0.238. The van der Waals surface area contributed by atoms with Crippen LogP contribution in [-0.4, -0.2) is 50.0 Å². The maximum Gasteiger partial charge on any atom is 0.192 e. The maximum atomic E-state index is 13.0. The number of fused-ring (bicyclic) bond motifs is 1. The van der Waals surface area contributed by atoms with Crippen molar-refractivity contribution in [2.75, 3.05) is 19.5 Å². The lowest BCUT2D eigenvalue weighted by molar-refractivity contribution is 0.102. The highest BCUT2D eigenvalue weighted by atomic mass is 32.2. The van der Waals surface area contributed by atoms with Crippen molar-refractivity contribution in [1.29, 1.82) is 0 Å². The number of hydrogen-bond acceptors (Lipinski definition) is 6. The van der Waals surface area contributed by atoms with Crippen molar-refractivity contribution in [3.8, 4) is 11.4 Å². The summed E-state index contributed by atoms with van der Waals surface area (Å²) in [4.78, 5) is 20.3. The lowest BCUT2D eigenvalue weighted by atomic mass is 10.1. The van der Waals surface area contributed by atoms with Crippen molar-refractivity contribution in [2.45, 2.75) is 18.6 Å². The number of benzene rings is 1. The van der Waals surface area contributed by atoms with Gasteiger partial charge in [-0.15, -0.1) is 10.2 Å². The van der Waals surface area contributed by atoms with Crippen LogP contribution in [0.1, 0.15) is 16.1 Å². The fourth-order valence-electron chi connectivity index (χ4n) is 3.33. The van der Waals surface area contributed by atoms with E-state index in [1.807, 2.05) is 47.9 Å². The van der Waals surface area contributed by atoms with E-state index >= 15 is 0 Å². The van der Waals surface area contributed by atoms with Crippen molar-refractivity contribution in [2.24, 2.45) is 0 Å². The third-order valence-corrected chi connectivity index (χ3v) is 5.65. The molecule has 0 unspecified atom stereocenters. The molecule has 0 aliphatic heterocycles. The Morgan fingerprint density at radius 1 is 1.17 bits per heavy atom. The Kier molecular flexibility index (Phi) is 5.73. The van der Waals surface area contributed by atoms with Gasteiger partial charge in [-0.2, -0.15) is 0 Å². The lowest BCUT2D eigenvalue weighted by Gasteiger charge is -2.09. The predicted octanol–water partition coefficient (Wildman–Crippen LogP) is 3.75. The number of pyridine rings is 1. The molecule has 148 valence electrons. The lowest BCUT2D eigenvalue weighted by Crippen LogP contribution is -2.09. The highest BCUT2D eigenvalue weighted by Crippen LogP contribution is 2.27. The van der Waals surface area contributed by atoms with E-state index in [9.17, 15) is 4.79 Å². The maximum absolute atomic E-state index is 13.0. The van der Waals surface area contributed by atoms with Crippen LogP contribution < -0.4 is 0 Å². The molecule has 0 amide bonds. The molecule has 3 aromatic heterocycles. The standard InChI is InChI=1S/C21H21N5O2S/c1-14-19(16-5-3-4-6-17(16)23-14)18(27)13-29-21-25-24-20(26(21)11-12-28-2)15-7-9-22-10-8-15/h3-10,23H,11-13H2,1-2H3. The van der Waals surface area contributed by atoms with Gasteiger partial charge in [0, 0.05) is 47.2 Å². The van der Waals surface area contributed by atoms with Crippen LogP contribution >= 0.6 is 11.8 Å². The van der Waals surface area contributed by atoms with Crippen LogP contribution in [0, 0.1) is 6.92 Å². The number of ether oxygens (including phenoxy) is 1. The molecular formula is C21H21N5O2S. The van der Waals surface area contributed by atoms with Crippen LogP contribution in [0.4, 0.5) is 0 Å². The number of para-hydroxylation sites is 1. The molecule has 4 aromatic rings. The van der Waals surface area contributed by atoms with E-state index in [-0.39, 0.29) is 11.5 Å².